The first-order valence-electron chi connectivity index (χ1n) is 4.01. The molecule has 0 fully saturated rings. The van der Waals surface area contributed by atoms with Crippen molar-refractivity contribution in [2.45, 2.75) is 38.2 Å². The van der Waals surface area contributed by atoms with E-state index in [0.717, 1.165) is 0 Å². The Bertz CT molecular complexity index is 186. The van der Waals surface area contributed by atoms with Gasteiger partial charge in [0.2, 0.25) is 0 Å². The Morgan fingerprint density at radius 3 is 2.23 bits per heavy atom. The number of thiol groups is 1. The Morgan fingerprint density at radius 2 is 1.92 bits per heavy atom. The van der Waals surface area contributed by atoms with E-state index in [1.54, 1.807) is 27.7 Å². The maximum Gasteiger partial charge on any atom is 0.408 e. The highest BCUT2D eigenvalue weighted by Gasteiger charge is 2.24. The van der Waals surface area contributed by atoms with Crippen molar-refractivity contribution in [1.29, 1.82) is 0 Å². The van der Waals surface area contributed by atoms with Gasteiger partial charge in [-0.15, -0.1) is 12.6 Å². The smallest absolute Gasteiger partial charge is 0.408 e. The Hall–Kier alpha value is -0.420. The number of carbonyl (C=O) groups is 1. The van der Waals surface area contributed by atoms with Gasteiger partial charge in [-0.3, -0.25) is 0 Å². The lowest BCUT2D eigenvalue weighted by molar-refractivity contribution is 0.0476. The zero-order valence-corrected chi connectivity index (χ0v) is 9.31. The summed E-state index contributed by atoms with van der Waals surface area (Å²) in [6.07, 6.45) is -0.584. The number of alkyl carbamates (subject to hydrolysis) is 1. The molecule has 1 atom stereocenters. The van der Waals surface area contributed by atoms with Crippen molar-refractivity contribution in [1.82, 2.24) is 5.32 Å². The van der Waals surface area contributed by atoms with E-state index in [-0.39, 0.29) is 6.61 Å². The molecular formula is C8H17NO3S. The first-order valence-corrected chi connectivity index (χ1v) is 4.45. The molecule has 0 saturated carbocycles. The average Bonchev–Trinajstić information content (AvgIpc) is 1.81. The number of rotatable bonds is 2. The van der Waals surface area contributed by atoms with E-state index in [1.807, 2.05) is 0 Å². The summed E-state index contributed by atoms with van der Waals surface area (Å²) in [6.45, 7) is 6.62. The molecule has 4 nitrogen and oxygen atoms in total. The predicted octanol–water partition coefficient (Wildman–Crippen LogP) is 1.15. The molecule has 5 heteroatoms. The van der Waals surface area contributed by atoms with Gasteiger partial charge >= 0.3 is 6.09 Å². The topological polar surface area (TPSA) is 58.6 Å². The second kappa shape index (κ2) is 4.19. The normalized spacial score (nSPS) is 16.2. The average molecular weight is 207 g/mol. The molecule has 0 radical (unpaired) electrons. The number of nitrogens with one attached hydrogen (secondary N) is 1. The Labute approximate surface area is 84.1 Å². The Kier molecular flexibility index (Phi) is 4.06. The van der Waals surface area contributed by atoms with Crippen LogP contribution in [-0.2, 0) is 4.74 Å². The third-order valence-corrected chi connectivity index (χ3v) is 1.33. The van der Waals surface area contributed by atoms with Gasteiger partial charge in [-0.2, -0.15) is 0 Å². The number of aliphatic hydroxyl groups excluding tert-OH is 1. The Balaban J connectivity index is 4.03. The van der Waals surface area contributed by atoms with Crippen molar-refractivity contribution in [3.05, 3.63) is 0 Å². The number of hydrogen-bond acceptors (Lipinski definition) is 4. The molecule has 0 bridgehead atoms. The van der Waals surface area contributed by atoms with Gasteiger partial charge in [-0.25, -0.2) is 4.79 Å². The first-order chi connectivity index (χ1) is 5.66. The molecule has 0 heterocycles. The van der Waals surface area contributed by atoms with Crippen molar-refractivity contribution in [3.8, 4) is 0 Å². The molecule has 0 rings (SSSR count). The van der Waals surface area contributed by atoms with E-state index in [2.05, 4.69) is 17.9 Å². The van der Waals surface area contributed by atoms with Crippen molar-refractivity contribution >= 4 is 18.7 Å². The number of ether oxygens (including phenoxy) is 1. The molecule has 13 heavy (non-hydrogen) atoms. The van der Waals surface area contributed by atoms with E-state index in [9.17, 15) is 4.79 Å². The maximum absolute atomic E-state index is 11.1. The van der Waals surface area contributed by atoms with Crippen LogP contribution in [-0.4, -0.2) is 28.3 Å². The lowest BCUT2D eigenvalue weighted by atomic mass is 10.2. The van der Waals surface area contributed by atoms with Crippen LogP contribution in [0.15, 0.2) is 0 Å². The van der Waals surface area contributed by atoms with E-state index in [4.69, 9.17) is 9.84 Å². The highest BCUT2D eigenvalue weighted by molar-refractivity contribution is 7.81. The van der Waals surface area contributed by atoms with Crippen molar-refractivity contribution in [2.75, 3.05) is 6.61 Å². The minimum absolute atomic E-state index is 0.255. The van der Waals surface area contributed by atoms with Gasteiger partial charge in [-0.1, -0.05) is 0 Å². The van der Waals surface area contributed by atoms with Crippen LogP contribution in [0.4, 0.5) is 4.79 Å². The molecule has 0 aliphatic rings. The largest absolute Gasteiger partial charge is 0.444 e. The quantitative estimate of drug-likeness (QED) is 0.470. The molecule has 0 spiro atoms. The van der Waals surface area contributed by atoms with E-state index < -0.39 is 16.6 Å². The van der Waals surface area contributed by atoms with Gasteiger partial charge in [-0.05, 0) is 27.7 Å². The van der Waals surface area contributed by atoms with E-state index in [1.165, 1.54) is 0 Å². The molecule has 0 aromatic carbocycles. The van der Waals surface area contributed by atoms with Crippen LogP contribution in [0.5, 0.6) is 0 Å². The zero-order valence-electron chi connectivity index (χ0n) is 8.42. The Morgan fingerprint density at radius 1 is 1.46 bits per heavy atom. The number of carbonyl (C=O) groups excluding carboxylic acids is 1. The summed E-state index contributed by atoms with van der Waals surface area (Å²) in [5, 5.41) is 11.2. The summed E-state index contributed by atoms with van der Waals surface area (Å²) < 4.78 is 4.97. The van der Waals surface area contributed by atoms with Crippen LogP contribution in [0, 0.1) is 0 Å². The number of hydrogen-bond donors (Lipinski definition) is 3. The van der Waals surface area contributed by atoms with Gasteiger partial charge in [0.1, 0.15) is 10.5 Å². The lowest BCUT2D eigenvalue weighted by Crippen LogP contribution is -2.46. The minimum Gasteiger partial charge on any atom is -0.444 e. The van der Waals surface area contributed by atoms with E-state index in [0.29, 0.717) is 0 Å². The molecule has 0 aliphatic carbocycles. The fourth-order valence-electron chi connectivity index (χ4n) is 0.563. The molecule has 0 aliphatic heterocycles. The monoisotopic (exact) mass is 207 g/mol. The summed E-state index contributed by atoms with van der Waals surface area (Å²) in [5.41, 5.74) is -0.538. The predicted molar refractivity (Wildman–Crippen MR) is 53.8 cm³/mol. The second-order valence-electron chi connectivity index (χ2n) is 4.06. The fraction of sp³-hybridized carbons (Fsp3) is 0.875. The van der Waals surface area contributed by atoms with Gasteiger partial charge in [0.25, 0.3) is 0 Å². The van der Waals surface area contributed by atoms with Crippen LogP contribution < -0.4 is 5.32 Å². The maximum atomic E-state index is 11.1. The molecule has 1 amide bonds. The zero-order chi connectivity index (χ0) is 10.7. The molecular weight excluding hydrogens is 190 g/mol. The van der Waals surface area contributed by atoms with Crippen molar-refractivity contribution < 1.29 is 14.6 Å². The first kappa shape index (κ1) is 12.6. The van der Waals surface area contributed by atoms with Crippen molar-refractivity contribution in [2.24, 2.45) is 0 Å². The molecule has 78 valence electrons. The summed E-state index contributed by atoms with van der Waals surface area (Å²) >= 11 is 4.01. The second-order valence-corrected chi connectivity index (χ2v) is 5.05. The minimum atomic E-state index is -0.942. The molecule has 2 N–H and O–H groups in total. The molecule has 0 aromatic heterocycles. The standard InChI is InChI=1S/C8H17NO3S/c1-7(2,3)12-6(11)9-8(4,13)5-10/h10,13H,5H2,1-4H3,(H,9,11)/t8-/m0/s1. The van der Waals surface area contributed by atoms with Crippen LogP contribution in [0.3, 0.4) is 0 Å². The SMILES string of the molecule is CC(C)(C)OC(=O)N[C@@](C)(S)CO. The van der Waals surface area contributed by atoms with Gasteiger partial charge in [0, 0.05) is 0 Å². The van der Waals surface area contributed by atoms with Gasteiger partial charge in [0.05, 0.1) is 6.61 Å². The third kappa shape index (κ3) is 6.72. The summed E-state index contributed by atoms with van der Waals surface area (Å²) in [4.78, 5) is 10.2. The molecule has 0 aromatic rings. The highest BCUT2D eigenvalue weighted by atomic mass is 32.1. The highest BCUT2D eigenvalue weighted by Crippen LogP contribution is 2.11. The summed E-state index contributed by atoms with van der Waals surface area (Å²) in [5.74, 6) is 0. The van der Waals surface area contributed by atoms with Crippen LogP contribution in [0.25, 0.3) is 0 Å². The molecule has 0 saturated heterocycles. The molecule has 0 unspecified atom stereocenters. The lowest BCUT2D eigenvalue weighted by Gasteiger charge is -2.26. The van der Waals surface area contributed by atoms with Crippen molar-refractivity contribution in [3.63, 3.8) is 0 Å². The number of amides is 1. The number of aliphatic hydroxyl groups is 1. The van der Waals surface area contributed by atoms with Gasteiger partial charge < -0.3 is 15.2 Å². The van der Waals surface area contributed by atoms with E-state index >= 15 is 0 Å². The summed E-state index contributed by atoms with van der Waals surface area (Å²) in [6, 6.07) is 0. The fourth-order valence-corrected chi connectivity index (χ4v) is 0.654. The van der Waals surface area contributed by atoms with Crippen LogP contribution in [0.2, 0.25) is 0 Å². The summed E-state index contributed by atoms with van der Waals surface area (Å²) in [7, 11) is 0. The van der Waals surface area contributed by atoms with Crippen LogP contribution >= 0.6 is 12.6 Å². The van der Waals surface area contributed by atoms with Gasteiger partial charge in [0.15, 0.2) is 0 Å². The van der Waals surface area contributed by atoms with Crippen LogP contribution in [0.1, 0.15) is 27.7 Å². The third-order valence-electron chi connectivity index (χ3n) is 1.08.